The van der Waals surface area contributed by atoms with Gasteiger partial charge < -0.3 is 29.0 Å². The van der Waals surface area contributed by atoms with Gasteiger partial charge in [0, 0.05) is 12.6 Å². The lowest BCUT2D eigenvalue weighted by Gasteiger charge is -2.33. The number of unbranched alkanes of at least 4 members (excludes halogenated alkanes) is 1. The van der Waals surface area contributed by atoms with E-state index in [0.29, 0.717) is 13.2 Å². The van der Waals surface area contributed by atoms with Crippen molar-refractivity contribution in [1.82, 2.24) is 5.32 Å². The highest BCUT2D eigenvalue weighted by atomic mass is 16.9. The predicted molar refractivity (Wildman–Crippen MR) is 155 cm³/mol. The second-order valence-electron chi connectivity index (χ2n) is 11.3. The summed E-state index contributed by atoms with van der Waals surface area (Å²) < 4.78 is 33.0. The van der Waals surface area contributed by atoms with Crippen LogP contribution in [0, 0.1) is 0 Å². The third-order valence-corrected chi connectivity index (χ3v) is 7.60. The second-order valence-corrected chi connectivity index (χ2v) is 11.3. The maximum atomic E-state index is 6.94. The molecule has 5 atom stereocenters. The summed E-state index contributed by atoms with van der Waals surface area (Å²) in [6.07, 6.45) is 2.08. The van der Waals surface area contributed by atoms with Crippen LogP contribution in [0.15, 0.2) is 91.0 Å². The highest BCUT2D eigenvalue weighted by molar-refractivity contribution is 5.17. The summed E-state index contributed by atoms with van der Waals surface area (Å²) in [4.78, 5) is 0. The van der Waals surface area contributed by atoms with Crippen LogP contribution in [0.3, 0.4) is 0 Å². The van der Waals surface area contributed by atoms with Crippen molar-refractivity contribution < 1.29 is 23.7 Å². The molecule has 0 spiro atoms. The molecule has 3 aromatic rings. The minimum atomic E-state index is -1.07. The smallest absolute Gasteiger partial charge is 0.224 e. The van der Waals surface area contributed by atoms with Crippen LogP contribution < -0.4 is 5.32 Å². The first-order chi connectivity index (χ1) is 19.5. The molecule has 40 heavy (non-hydrogen) atoms. The Morgan fingerprint density at radius 2 is 1.40 bits per heavy atom. The molecule has 6 nitrogen and oxygen atoms in total. The van der Waals surface area contributed by atoms with E-state index in [1.54, 1.807) is 0 Å². The zero-order chi connectivity index (χ0) is 27.8. The highest BCUT2D eigenvalue weighted by Gasteiger charge is 2.66. The van der Waals surface area contributed by atoms with Gasteiger partial charge in [0.05, 0.1) is 13.2 Å². The number of fused-ring (bicyclic) bond motifs is 1. The fourth-order valence-electron chi connectivity index (χ4n) is 5.71. The first-order valence-electron chi connectivity index (χ1n) is 14.6. The summed E-state index contributed by atoms with van der Waals surface area (Å²) >= 11 is 0. The zero-order valence-electron chi connectivity index (χ0n) is 24.0. The van der Waals surface area contributed by atoms with Crippen LogP contribution in [-0.4, -0.2) is 42.5 Å². The van der Waals surface area contributed by atoms with E-state index in [1.807, 2.05) is 56.3 Å². The molecule has 214 valence electrons. The van der Waals surface area contributed by atoms with Crippen LogP contribution in [0.5, 0.6) is 0 Å². The van der Waals surface area contributed by atoms with E-state index in [-0.39, 0.29) is 24.9 Å². The van der Waals surface area contributed by atoms with Gasteiger partial charge in [0.1, 0.15) is 24.9 Å². The van der Waals surface area contributed by atoms with Gasteiger partial charge in [-0.15, -0.1) is 0 Å². The summed E-state index contributed by atoms with van der Waals surface area (Å²) in [5, 5.41) is 3.79. The molecule has 6 heteroatoms. The van der Waals surface area contributed by atoms with Crippen molar-refractivity contribution in [3.8, 4) is 0 Å². The fourth-order valence-corrected chi connectivity index (χ4v) is 5.71. The molecule has 0 aromatic heterocycles. The largest absolute Gasteiger partial charge is 0.371 e. The Morgan fingerprint density at radius 1 is 0.800 bits per heavy atom. The number of benzene rings is 3. The zero-order valence-corrected chi connectivity index (χ0v) is 24.0. The summed E-state index contributed by atoms with van der Waals surface area (Å²) in [5.41, 5.74) is 3.45. The van der Waals surface area contributed by atoms with Crippen molar-refractivity contribution >= 4 is 0 Å². The van der Waals surface area contributed by atoms with Gasteiger partial charge in [-0.3, -0.25) is 0 Å². The van der Waals surface area contributed by atoms with Gasteiger partial charge in [-0.2, -0.15) is 0 Å². The molecule has 0 amide bonds. The SMILES string of the molecule is CCCC[C@@H](NCc1ccccc1)[C@@H]1O[C@@]2(COCc3ccccc3)OC(C)(C)O[C@H]2[C@@H]1OCc1ccccc1. The number of rotatable bonds is 14. The molecule has 0 radical (unpaired) electrons. The van der Waals surface area contributed by atoms with Crippen LogP contribution in [0.25, 0.3) is 0 Å². The van der Waals surface area contributed by atoms with Gasteiger partial charge in [-0.05, 0) is 37.0 Å². The molecular weight excluding hydrogens is 502 g/mol. The van der Waals surface area contributed by atoms with Crippen molar-refractivity contribution in [3.63, 3.8) is 0 Å². The Bertz CT molecular complexity index is 1160. The average molecular weight is 546 g/mol. The number of ether oxygens (including phenoxy) is 5. The van der Waals surface area contributed by atoms with Gasteiger partial charge in [0.2, 0.25) is 5.79 Å². The molecule has 0 aliphatic carbocycles. The second kappa shape index (κ2) is 13.4. The first-order valence-corrected chi connectivity index (χ1v) is 14.6. The molecule has 2 aliphatic heterocycles. The lowest BCUT2D eigenvalue weighted by atomic mass is 9.96. The van der Waals surface area contributed by atoms with Gasteiger partial charge in [0.25, 0.3) is 0 Å². The van der Waals surface area contributed by atoms with Crippen LogP contribution >= 0.6 is 0 Å². The van der Waals surface area contributed by atoms with Crippen molar-refractivity contribution in [3.05, 3.63) is 108 Å². The summed E-state index contributed by atoms with van der Waals surface area (Å²) in [6.45, 7) is 8.00. The quantitative estimate of drug-likeness (QED) is 0.254. The van der Waals surface area contributed by atoms with E-state index >= 15 is 0 Å². The topological polar surface area (TPSA) is 58.2 Å². The van der Waals surface area contributed by atoms with Gasteiger partial charge in [-0.25, -0.2) is 0 Å². The third kappa shape index (κ3) is 7.19. The van der Waals surface area contributed by atoms with E-state index in [4.69, 9.17) is 23.7 Å². The fraction of sp³-hybridized carbons (Fsp3) is 0.471. The Kier molecular flexibility index (Phi) is 9.68. The normalized spacial score (nSPS) is 26.0. The Balaban J connectivity index is 1.39. The monoisotopic (exact) mass is 545 g/mol. The van der Waals surface area contributed by atoms with Crippen molar-refractivity contribution in [2.45, 2.75) is 95.7 Å². The van der Waals surface area contributed by atoms with Gasteiger partial charge in [-0.1, -0.05) is 111 Å². The van der Waals surface area contributed by atoms with Crippen LogP contribution in [-0.2, 0) is 43.4 Å². The standard InChI is InChI=1S/C34H43NO5/c1-4-5-21-29(35-22-26-15-9-6-10-16-26)30-31(37-24-28-19-13-8-14-20-28)32-34(38-30,40-33(2,3)39-32)25-36-23-27-17-11-7-12-18-27/h6-20,29-32,35H,4-5,21-25H2,1-3H3/t29-,30+,31-,32+,34+/m1/s1. The molecule has 0 saturated carbocycles. The summed E-state index contributed by atoms with van der Waals surface area (Å²) in [7, 11) is 0. The van der Waals surface area contributed by atoms with Crippen molar-refractivity contribution in [2.24, 2.45) is 0 Å². The number of hydrogen-bond acceptors (Lipinski definition) is 6. The molecule has 2 fully saturated rings. The molecule has 0 unspecified atom stereocenters. The van der Waals surface area contributed by atoms with Gasteiger partial charge >= 0.3 is 0 Å². The summed E-state index contributed by atoms with van der Waals surface area (Å²) in [6, 6.07) is 30.9. The molecule has 2 heterocycles. The van der Waals surface area contributed by atoms with E-state index in [9.17, 15) is 0 Å². The number of hydrogen-bond donors (Lipinski definition) is 1. The lowest BCUT2D eigenvalue weighted by Crippen LogP contribution is -2.48. The minimum absolute atomic E-state index is 0.0489. The average Bonchev–Trinajstić information content (AvgIpc) is 3.40. The Morgan fingerprint density at radius 3 is 2.02 bits per heavy atom. The van der Waals surface area contributed by atoms with E-state index < -0.39 is 17.7 Å². The van der Waals surface area contributed by atoms with E-state index in [1.165, 1.54) is 5.56 Å². The van der Waals surface area contributed by atoms with E-state index in [0.717, 1.165) is 36.9 Å². The molecule has 2 aliphatic rings. The minimum Gasteiger partial charge on any atom is -0.371 e. The third-order valence-electron chi connectivity index (χ3n) is 7.60. The molecular formula is C34H43NO5. The highest BCUT2D eigenvalue weighted by Crippen LogP contribution is 2.48. The first kappa shape index (κ1) is 28.9. The maximum Gasteiger partial charge on any atom is 0.224 e. The molecule has 2 saturated heterocycles. The van der Waals surface area contributed by atoms with Crippen LogP contribution in [0.2, 0.25) is 0 Å². The molecule has 3 aromatic carbocycles. The van der Waals surface area contributed by atoms with Gasteiger partial charge in [0.15, 0.2) is 5.79 Å². The van der Waals surface area contributed by atoms with Crippen LogP contribution in [0.4, 0.5) is 0 Å². The van der Waals surface area contributed by atoms with E-state index in [2.05, 4.69) is 60.8 Å². The predicted octanol–water partition coefficient (Wildman–Crippen LogP) is 6.38. The number of nitrogens with one attached hydrogen (secondary N) is 1. The van der Waals surface area contributed by atoms with Crippen LogP contribution in [0.1, 0.15) is 56.7 Å². The molecule has 5 rings (SSSR count). The maximum absolute atomic E-state index is 6.94. The van der Waals surface area contributed by atoms with Crippen molar-refractivity contribution in [1.29, 1.82) is 0 Å². The summed E-state index contributed by atoms with van der Waals surface area (Å²) in [5.74, 6) is -1.89. The Hall–Kier alpha value is -2.58. The molecule has 0 bridgehead atoms. The molecule has 1 N–H and O–H groups in total. The Labute approximate surface area is 238 Å². The lowest BCUT2D eigenvalue weighted by molar-refractivity contribution is -0.282. The van der Waals surface area contributed by atoms with Crippen molar-refractivity contribution in [2.75, 3.05) is 6.61 Å².